The topological polar surface area (TPSA) is 30.5 Å². The number of nitrogens with one attached hydrogen (secondary N) is 1. The lowest BCUT2D eigenvalue weighted by Gasteiger charge is -2.15. The molecule has 130 valence electrons. The Morgan fingerprint density at radius 1 is 0.958 bits per heavy atom. The first kappa shape index (κ1) is 18.3. The fourth-order valence-corrected chi connectivity index (χ4v) is 2.45. The molecule has 0 radical (unpaired) electrons. The molecule has 0 aliphatic carbocycles. The highest BCUT2D eigenvalue weighted by atomic mass is 16.5. The molecule has 0 unspecified atom stereocenters. The Hall–Kier alpha value is -2.00. The molecule has 1 N–H and O–H groups in total. The molecule has 0 saturated carbocycles. The van der Waals surface area contributed by atoms with Crippen LogP contribution in [0.25, 0.3) is 0 Å². The maximum atomic E-state index is 5.99. The molecule has 0 saturated heterocycles. The van der Waals surface area contributed by atoms with Crippen molar-refractivity contribution in [1.29, 1.82) is 0 Å². The van der Waals surface area contributed by atoms with Gasteiger partial charge in [0.05, 0.1) is 6.61 Å². The van der Waals surface area contributed by atoms with Crippen molar-refractivity contribution in [3.05, 3.63) is 59.2 Å². The Morgan fingerprint density at radius 2 is 1.79 bits per heavy atom. The monoisotopic (exact) mass is 327 g/mol. The van der Waals surface area contributed by atoms with E-state index in [2.05, 4.69) is 62.5 Å². The van der Waals surface area contributed by atoms with Crippen LogP contribution in [0.4, 0.5) is 0 Å². The normalized spacial score (nSPS) is 12.0. The molecule has 0 aromatic heterocycles. The lowest BCUT2D eigenvalue weighted by atomic mass is 10.1. The molecule has 2 aromatic rings. The van der Waals surface area contributed by atoms with Crippen molar-refractivity contribution in [3.8, 4) is 11.5 Å². The second-order valence-corrected chi connectivity index (χ2v) is 6.18. The molecule has 0 aliphatic heterocycles. The van der Waals surface area contributed by atoms with Gasteiger partial charge < -0.3 is 14.8 Å². The Morgan fingerprint density at radius 3 is 2.50 bits per heavy atom. The summed E-state index contributed by atoms with van der Waals surface area (Å²) >= 11 is 0. The van der Waals surface area contributed by atoms with Gasteiger partial charge in [-0.2, -0.15) is 0 Å². The van der Waals surface area contributed by atoms with Gasteiger partial charge in [0.25, 0.3) is 0 Å². The largest absolute Gasteiger partial charge is 0.490 e. The first-order valence-electron chi connectivity index (χ1n) is 8.79. The van der Waals surface area contributed by atoms with Crippen molar-refractivity contribution in [1.82, 2.24) is 5.32 Å². The molecule has 3 heteroatoms. The van der Waals surface area contributed by atoms with Gasteiger partial charge in [0.2, 0.25) is 0 Å². The third-order valence-corrected chi connectivity index (χ3v) is 4.05. The average Bonchev–Trinajstić information content (AvgIpc) is 2.59. The van der Waals surface area contributed by atoms with Crippen LogP contribution in [0.5, 0.6) is 11.5 Å². The van der Waals surface area contributed by atoms with Crippen LogP contribution in [0.2, 0.25) is 0 Å². The van der Waals surface area contributed by atoms with Gasteiger partial charge in [-0.05, 0) is 50.5 Å². The Labute approximate surface area is 146 Å². The van der Waals surface area contributed by atoms with E-state index >= 15 is 0 Å². The van der Waals surface area contributed by atoms with Gasteiger partial charge in [-0.15, -0.1) is 0 Å². The summed E-state index contributed by atoms with van der Waals surface area (Å²) in [6.45, 7) is 10.5. The van der Waals surface area contributed by atoms with Gasteiger partial charge in [0.1, 0.15) is 6.61 Å². The molecule has 0 spiro atoms. The molecule has 0 heterocycles. The zero-order chi connectivity index (χ0) is 17.4. The predicted molar refractivity (Wildman–Crippen MR) is 99.7 cm³/mol. The van der Waals surface area contributed by atoms with Crippen LogP contribution in [0, 0.1) is 6.92 Å². The third kappa shape index (κ3) is 5.57. The predicted octanol–water partition coefficient (Wildman–Crippen LogP) is 4.86. The second-order valence-electron chi connectivity index (χ2n) is 6.18. The highest BCUT2D eigenvalue weighted by Gasteiger charge is 2.08. The van der Waals surface area contributed by atoms with Crippen LogP contribution in [-0.2, 0) is 13.2 Å². The quantitative estimate of drug-likeness (QED) is 0.713. The van der Waals surface area contributed by atoms with Crippen LogP contribution >= 0.6 is 0 Å². The van der Waals surface area contributed by atoms with Crippen molar-refractivity contribution < 1.29 is 9.47 Å². The van der Waals surface area contributed by atoms with Crippen LogP contribution in [0.1, 0.15) is 43.9 Å². The molecule has 2 rings (SSSR count). The number of ether oxygens (including phenoxy) is 2. The van der Waals surface area contributed by atoms with E-state index in [0.29, 0.717) is 19.3 Å². The van der Waals surface area contributed by atoms with E-state index in [1.54, 1.807) is 0 Å². The smallest absolute Gasteiger partial charge is 0.161 e. The third-order valence-electron chi connectivity index (χ3n) is 4.05. The summed E-state index contributed by atoms with van der Waals surface area (Å²) in [6, 6.07) is 15.1. The standard InChI is InChI=1S/C21H29NO2/c1-5-17(4)22-14-18-10-11-20(21(13-18)23-6-2)24-15-19-9-7-8-16(3)12-19/h7-13,17,22H,5-6,14-15H2,1-4H3/t17-/m0/s1. The lowest BCUT2D eigenvalue weighted by Crippen LogP contribution is -2.24. The SMILES string of the molecule is CCOc1cc(CN[C@@H](C)CC)ccc1OCc1cccc(C)c1. The van der Waals surface area contributed by atoms with Crippen LogP contribution in [0.3, 0.4) is 0 Å². The Bertz CT molecular complexity index is 639. The van der Waals surface area contributed by atoms with Crippen molar-refractivity contribution in [2.75, 3.05) is 6.61 Å². The summed E-state index contributed by atoms with van der Waals surface area (Å²) in [6.07, 6.45) is 1.12. The molecular formula is C21H29NO2. The number of benzene rings is 2. The summed E-state index contributed by atoms with van der Waals surface area (Å²) in [5, 5.41) is 3.51. The minimum atomic E-state index is 0.512. The highest BCUT2D eigenvalue weighted by molar-refractivity contribution is 5.43. The van der Waals surface area contributed by atoms with E-state index < -0.39 is 0 Å². The van der Waals surface area contributed by atoms with Crippen molar-refractivity contribution in [2.24, 2.45) is 0 Å². The van der Waals surface area contributed by atoms with Gasteiger partial charge in [-0.3, -0.25) is 0 Å². The number of hydrogen-bond donors (Lipinski definition) is 1. The molecule has 0 aliphatic rings. The van der Waals surface area contributed by atoms with Crippen molar-refractivity contribution >= 4 is 0 Å². The molecule has 2 aromatic carbocycles. The molecule has 0 bridgehead atoms. The van der Waals surface area contributed by atoms with Crippen molar-refractivity contribution in [2.45, 2.75) is 53.3 Å². The lowest BCUT2D eigenvalue weighted by molar-refractivity contribution is 0.269. The fourth-order valence-electron chi connectivity index (χ4n) is 2.45. The number of hydrogen-bond acceptors (Lipinski definition) is 3. The Kier molecular flexibility index (Phi) is 7.13. The summed E-state index contributed by atoms with van der Waals surface area (Å²) < 4.78 is 11.8. The summed E-state index contributed by atoms with van der Waals surface area (Å²) in [5.41, 5.74) is 3.62. The Balaban J connectivity index is 2.05. The molecule has 24 heavy (non-hydrogen) atoms. The van der Waals surface area contributed by atoms with Gasteiger partial charge in [-0.1, -0.05) is 42.8 Å². The van der Waals surface area contributed by atoms with Gasteiger partial charge >= 0.3 is 0 Å². The fraction of sp³-hybridized carbons (Fsp3) is 0.429. The van der Waals surface area contributed by atoms with Gasteiger partial charge in [0.15, 0.2) is 11.5 Å². The average molecular weight is 327 g/mol. The van der Waals surface area contributed by atoms with Crippen LogP contribution in [-0.4, -0.2) is 12.6 Å². The van der Waals surface area contributed by atoms with Gasteiger partial charge in [0, 0.05) is 12.6 Å². The number of aryl methyl sites for hydroxylation is 1. The van der Waals surface area contributed by atoms with E-state index in [9.17, 15) is 0 Å². The van der Waals surface area contributed by atoms with E-state index in [0.717, 1.165) is 24.5 Å². The summed E-state index contributed by atoms with van der Waals surface area (Å²) in [7, 11) is 0. The van der Waals surface area contributed by atoms with Crippen LogP contribution < -0.4 is 14.8 Å². The van der Waals surface area contributed by atoms with E-state index in [4.69, 9.17) is 9.47 Å². The summed E-state index contributed by atoms with van der Waals surface area (Å²) in [4.78, 5) is 0. The van der Waals surface area contributed by atoms with E-state index in [1.165, 1.54) is 16.7 Å². The first-order valence-corrected chi connectivity index (χ1v) is 8.79. The second kappa shape index (κ2) is 9.33. The maximum Gasteiger partial charge on any atom is 0.161 e. The summed E-state index contributed by atoms with van der Waals surface area (Å²) in [5.74, 6) is 1.61. The molecule has 0 fully saturated rings. The van der Waals surface area contributed by atoms with Gasteiger partial charge in [-0.25, -0.2) is 0 Å². The number of rotatable bonds is 9. The zero-order valence-corrected chi connectivity index (χ0v) is 15.3. The van der Waals surface area contributed by atoms with Crippen molar-refractivity contribution in [3.63, 3.8) is 0 Å². The van der Waals surface area contributed by atoms with E-state index in [-0.39, 0.29) is 0 Å². The van der Waals surface area contributed by atoms with Crippen LogP contribution in [0.15, 0.2) is 42.5 Å². The zero-order valence-electron chi connectivity index (χ0n) is 15.3. The molecule has 1 atom stereocenters. The molecule has 0 amide bonds. The van der Waals surface area contributed by atoms with E-state index in [1.807, 2.05) is 13.0 Å². The minimum absolute atomic E-state index is 0.512. The molecule has 3 nitrogen and oxygen atoms in total. The first-order chi connectivity index (χ1) is 11.6. The minimum Gasteiger partial charge on any atom is -0.490 e. The maximum absolute atomic E-state index is 5.99. The molecular weight excluding hydrogens is 298 g/mol. The highest BCUT2D eigenvalue weighted by Crippen LogP contribution is 2.29.